The second-order valence-electron chi connectivity index (χ2n) is 6.49. The van der Waals surface area contributed by atoms with Crippen molar-refractivity contribution >= 4 is 35.8 Å². The molecule has 0 fully saturated rings. The molecule has 5 nitrogen and oxygen atoms in total. The molecule has 0 amide bonds. The first-order chi connectivity index (χ1) is 12.9. The highest BCUT2D eigenvalue weighted by molar-refractivity contribution is 6.30. The normalized spacial score (nSPS) is 10.6. The maximum Gasteiger partial charge on any atom is 0.311 e. The quantitative estimate of drug-likeness (QED) is 0.447. The Bertz CT molecular complexity index is 797. The van der Waals surface area contributed by atoms with Crippen molar-refractivity contribution in [3.63, 3.8) is 0 Å². The zero-order valence-corrected chi connectivity index (χ0v) is 18.4. The molecule has 1 heterocycles. The van der Waals surface area contributed by atoms with Crippen molar-refractivity contribution in [3.8, 4) is 0 Å². The second-order valence-corrected chi connectivity index (χ2v) is 6.92. The fraction of sp³-hybridized carbons (Fsp3) is 0.429. The van der Waals surface area contributed by atoms with Crippen molar-refractivity contribution in [3.05, 3.63) is 57.9 Å². The SMILES string of the molecule is CCN(CC)CCOC(=O)Cc1cc(C)c(C(=O)c2ccc(Cl)cc2)n1C.Cl. The summed E-state index contributed by atoms with van der Waals surface area (Å²) in [6.45, 7) is 9.00. The number of aromatic nitrogens is 1. The minimum atomic E-state index is -0.284. The van der Waals surface area contributed by atoms with E-state index in [1.807, 2.05) is 13.0 Å². The van der Waals surface area contributed by atoms with Crippen LogP contribution >= 0.6 is 24.0 Å². The third-order valence-electron chi connectivity index (χ3n) is 4.73. The fourth-order valence-electron chi connectivity index (χ4n) is 3.09. The molecule has 7 heteroatoms. The van der Waals surface area contributed by atoms with E-state index < -0.39 is 0 Å². The van der Waals surface area contributed by atoms with E-state index in [2.05, 4.69) is 18.7 Å². The molecule has 28 heavy (non-hydrogen) atoms. The average molecular weight is 427 g/mol. The number of hydrogen-bond donors (Lipinski definition) is 0. The van der Waals surface area contributed by atoms with Gasteiger partial charge in [0.25, 0.3) is 0 Å². The standard InChI is InChI=1S/C21H27ClN2O3.ClH/c1-5-24(6-2)11-12-27-19(25)14-18-13-15(3)20(23(18)4)21(26)16-7-9-17(22)10-8-16;/h7-10,13H,5-6,11-12,14H2,1-4H3;1H. The molecule has 0 saturated carbocycles. The van der Waals surface area contributed by atoms with Gasteiger partial charge in [-0.2, -0.15) is 0 Å². The number of carbonyl (C=O) groups is 2. The number of aryl methyl sites for hydroxylation is 1. The average Bonchev–Trinajstić information content (AvgIpc) is 2.92. The molecule has 0 radical (unpaired) electrons. The van der Waals surface area contributed by atoms with Crippen LogP contribution in [0.1, 0.15) is 41.2 Å². The molecule has 0 bridgehead atoms. The lowest BCUT2D eigenvalue weighted by atomic mass is 10.1. The van der Waals surface area contributed by atoms with Crippen molar-refractivity contribution < 1.29 is 14.3 Å². The van der Waals surface area contributed by atoms with Gasteiger partial charge in [0.15, 0.2) is 0 Å². The van der Waals surface area contributed by atoms with E-state index >= 15 is 0 Å². The summed E-state index contributed by atoms with van der Waals surface area (Å²) in [6, 6.07) is 8.67. The second kappa shape index (κ2) is 11.2. The van der Waals surface area contributed by atoms with Crippen LogP contribution in [0, 0.1) is 6.92 Å². The zero-order chi connectivity index (χ0) is 20.0. The van der Waals surface area contributed by atoms with Crippen molar-refractivity contribution in [2.75, 3.05) is 26.2 Å². The molecule has 1 aromatic carbocycles. The molecule has 2 rings (SSSR count). The molecular formula is C21H28Cl2N2O3. The molecule has 1 aromatic heterocycles. The number of hydrogen-bond acceptors (Lipinski definition) is 4. The Morgan fingerprint density at radius 1 is 1.14 bits per heavy atom. The van der Waals surface area contributed by atoms with Crippen LogP contribution in [0.5, 0.6) is 0 Å². The molecule has 0 saturated heterocycles. The summed E-state index contributed by atoms with van der Waals surface area (Å²) in [5.74, 6) is -0.374. The number of esters is 1. The van der Waals surface area contributed by atoms with Gasteiger partial charge in [0, 0.05) is 29.9 Å². The number of ketones is 1. The number of ether oxygens (including phenoxy) is 1. The van der Waals surface area contributed by atoms with Crippen LogP contribution in [0.25, 0.3) is 0 Å². The minimum absolute atomic E-state index is 0. The number of rotatable bonds is 9. The molecule has 0 atom stereocenters. The third kappa shape index (κ3) is 6.09. The van der Waals surface area contributed by atoms with Gasteiger partial charge in [-0.3, -0.25) is 9.59 Å². The lowest BCUT2D eigenvalue weighted by Crippen LogP contribution is -2.28. The van der Waals surface area contributed by atoms with Crippen molar-refractivity contribution in [1.82, 2.24) is 9.47 Å². The summed E-state index contributed by atoms with van der Waals surface area (Å²) < 4.78 is 7.12. The van der Waals surface area contributed by atoms with Crippen LogP contribution in [0.4, 0.5) is 0 Å². The van der Waals surface area contributed by atoms with Gasteiger partial charge >= 0.3 is 5.97 Å². The van der Waals surface area contributed by atoms with Gasteiger partial charge in [-0.1, -0.05) is 25.4 Å². The van der Waals surface area contributed by atoms with Crippen molar-refractivity contribution in [2.24, 2.45) is 7.05 Å². The molecule has 0 N–H and O–H groups in total. The molecule has 0 aliphatic carbocycles. The van der Waals surface area contributed by atoms with E-state index in [1.165, 1.54) is 0 Å². The molecule has 0 unspecified atom stereocenters. The first-order valence-electron chi connectivity index (χ1n) is 9.20. The van der Waals surface area contributed by atoms with Crippen molar-refractivity contribution in [1.29, 1.82) is 0 Å². The molecule has 154 valence electrons. The van der Waals surface area contributed by atoms with Gasteiger partial charge < -0.3 is 14.2 Å². The Hall–Kier alpha value is -1.82. The van der Waals surface area contributed by atoms with Gasteiger partial charge in [-0.15, -0.1) is 12.4 Å². The summed E-state index contributed by atoms with van der Waals surface area (Å²) in [6.07, 6.45) is 0.142. The van der Waals surface area contributed by atoms with Crippen LogP contribution in [0.15, 0.2) is 30.3 Å². The Kier molecular flexibility index (Phi) is 9.73. The van der Waals surface area contributed by atoms with E-state index in [-0.39, 0.29) is 30.6 Å². The lowest BCUT2D eigenvalue weighted by molar-refractivity contribution is -0.143. The number of halogens is 2. The van der Waals surface area contributed by atoms with Gasteiger partial charge in [0.2, 0.25) is 5.78 Å². The van der Waals surface area contributed by atoms with Gasteiger partial charge in [0.1, 0.15) is 6.61 Å². The number of carbonyl (C=O) groups excluding carboxylic acids is 2. The highest BCUT2D eigenvalue weighted by atomic mass is 35.5. The molecule has 2 aromatic rings. The van der Waals surface area contributed by atoms with E-state index in [1.54, 1.807) is 35.9 Å². The van der Waals surface area contributed by atoms with E-state index in [9.17, 15) is 9.59 Å². The summed E-state index contributed by atoms with van der Waals surface area (Å²) >= 11 is 5.90. The smallest absolute Gasteiger partial charge is 0.311 e. The Morgan fingerprint density at radius 3 is 2.32 bits per heavy atom. The summed E-state index contributed by atoms with van der Waals surface area (Å²) in [7, 11) is 1.80. The Balaban J connectivity index is 0.00000392. The fourth-order valence-corrected chi connectivity index (χ4v) is 3.22. The van der Waals surface area contributed by atoms with Gasteiger partial charge in [-0.05, 0) is 55.9 Å². The van der Waals surface area contributed by atoms with Gasteiger partial charge in [-0.25, -0.2) is 0 Å². The van der Waals surface area contributed by atoms with E-state index in [0.29, 0.717) is 22.9 Å². The van der Waals surface area contributed by atoms with E-state index in [4.69, 9.17) is 16.3 Å². The molecular weight excluding hydrogens is 399 g/mol. The summed E-state index contributed by atoms with van der Waals surface area (Å²) in [5, 5.41) is 0.586. The van der Waals surface area contributed by atoms with Crippen LogP contribution in [-0.2, 0) is 23.0 Å². The van der Waals surface area contributed by atoms with Crippen LogP contribution in [-0.4, -0.2) is 47.5 Å². The molecule has 0 aliphatic heterocycles. The summed E-state index contributed by atoms with van der Waals surface area (Å²) in [4.78, 5) is 27.2. The highest BCUT2D eigenvalue weighted by Crippen LogP contribution is 2.20. The monoisotopic (exact) mass is 426 g/mol. The highest BCUT2D eigenvalue weighted by Gasteiger charge is 2.20. The number of likely N-dealkylation sites (N-methyl/N-ethyl adjacent to an activating group) is 1. The maximum absolute atomic E-state index is 12.8. The lowest BCUT2D eigenvalue weighted by Gasteiger charge is -2.17. The molecule has 0 aliphatic rings. The maximum atomic E-state index is 12.8. The Labute approximate surface area is 178 Å². The summed E-state index contributed by atoms with van der Waals surface area (Å²) in [5.41, 5.74) is 2.74. The largest absolute Gasteiger partial charge is 0.464 e. The number of nitrogens with zero attached hydrogens (tertiary/aromatic N) is 2. The predicted molar refractivity (Wildman–Crippen MR) is 115 cm³/mol. The topological polar surface area (TPSA) is 51.5 Å². The Morgan fingerprint density at radius 2 is 1.75 bits per heavy atom. The van der Waals surface area contributed by atoms with Crippen LogP contribution in [0.2, 0.25) is 5.02 Å². The zero-order valence-electron chi connectivity index (χ0n) is 16.8. The molecule has 0 spiro atoms. The van der Waals surface area contributed by atoms with Gasteiger partial charge in [0.05, 0.1) is 12.1 Å². The van der Waals surface area contributed by atoms with Crippen LogP contribution < -0.4 is 0 Å². The first-order valence-corrected chi connectivity index (χ1v) is 9.58. The van der Waals surface area contributed by atoms with E-state index in [0.717, 1.165) is 30.9 Å². The number of benzene rings is 1. The van der Waals surface area contributed by atoms with Crippen molar-refractivity contribution in [2.45, 2.75) is 27.2 Å². The van der Waals surface area contributed by atoms with Crippen LogP contribution in [0.3, 0.4) is 0 Å². The first kappa shape index (κ1) is 24.2. The predicted octanol–water partition coefficient (Wildman–Crippen LogP) is 4.07. The minimum Gasteiger partial charge on any atom is -0.464 e. The third-order valence-corrected chi connectivity index (χ3v) is 4.99.